The maximum atomic E-state index is 12.5. The molecular formula is C23H18N2O4. The van der Waals surface area contributed by atoms with Crippen LogP contribution >= 0.6 is 0 Å². The molecule has 6 heteroatoms. The molecule has 2 bridgehead atoms. The Morgan fingerprint density at radius 2 is 2.03 bits per heavy atom. The number of fused-ring (bicyclic) bond motifs is 4. The Balaban J connectivity index is 1.99. The van der Waals surface area contributed by atoms with Gasteiger partial charge in [-0.15, -0.1) is 0 Å². The number of carbonyl (C=O) groups excluding carboxylic acids is 1. The van der Waals surface area contributed by atoms with Gasteiger partial charge in [-0.3, -0.25) is 10.1 Å². The SMILES string of the molecule is CCOC(=O)c1cc2c(c(-c3cccc([N+](=O)[O-])c3)n1)C=CC1=CC=CC=C2C1. The fourth-order valence-electron chi connectivity index (χ4n) is 3.46. The van der Waals surface area contributed by atoms with Crippen LogP contribution in [-0.2, 0) is 4.74 Å². The molecule has 2 aliphatic rings. The summed E-state index contributed by atoms with van der Waals surface area (Å²) >= 11 is 0. The Kier molecular flexibility index (Phi) is 4.91. The van der Waals surface area contributed by atoms with E-state index in [0.29, 0.717) is 11.3 Å². The highest BCUT2D eigenvalue weighted by atomic mass is 16.6. The van der Waals surface area contributed by atoms with Crippen molar-refractivity contribution in [2.24, 2.45) is 0 Å². The molecule has 1 aromatic heterocycles. The van der Waals surface area contributed by atoms with E-state index in [1.807, 2.05) is 36.5 Å². The molecule has 0 saturated carbocycles. The normalized spacial score (nSPS) is 14.2. The van der Waals surface area contributed by atoms with Crippen LogP contribution in [0.15, 0.2) is 66.3 Å². The van der Waals surface area contributed by atoms with Crippen molar-refractivity contribution in [1.82, 2.24) is 4.98 Å². The van der Waals surface area contributed by atoms with Crippen LogP contribution in [-0.4, -0.2) is 22.5 Å². The minimum atomic E-state index is -0.518. The topological polar surface area (TPSA) is 82.3 Å². The lowest BCUT2D eigenvalue weighted by Gasteiger charge is -2.14. The predicted octanol–water partition coefficient (Wildman–Crippen LogP) is 5.13. The van der Waals surface area contributed by atoms with Crippen molar-refractivity contribution in [3.63, 3.8) is 0 Å². The van der Waals surface area contributed by atoms with Gasteiger partial charge in [0.05, 0.1) is 17.2 Å². The van der Waals surface area contributed by atoms with Crippen LogP contribution in [0.4, 0.5) is 5.69 Å². The standard InChI is InChI=1S/C23H18N2O4/c1-2-29-23(26)21-14-20-16-7-4-3-6-15(12-16)10-11-19(20)22(24-21)17-8-5-9-18(13-17)25(27)28/h3-11,13-14H,2,12H2,1H3. The van der Waals surface area contributed by atoms with Gasteiger partial charge in [-0.2, -0.15) is 0 Å². The van der Waals surface area contributed by atoms with E-state index in [2.05, 4.69) is 4.98 Å². The molecule has 0 fully saturated rings. The van der Waals surface area contributed by atoms with Gasteiger partial charge in [0.15, 0.2) is 0 Å². The summed E-state index contributed by atoms with van der Waals surface area (Å²) in [5.41, 5.74) is 5.11. The molecule has 144 valence electrons. The summed E-state index contributed by atoms with van der Waals surface area (Å²) in [6.45, 7) is 1.98. The van der Waals surface area contributed by atoms with Crippen molar-refractivity contribution in [3.8, 4) is 11.3 Å². The number of aromatic nitrogens is 1. The first-order valence-corrected chi connectivity index (χ1v) is 9.28. The molecule has 0 atom stereocenters. The zero-order chi connectivity index (χ0) is 20.4. The van der Waals surface area contributed by atoms with Crippen LogP contribution in [0.3, 0.4) is 0 Å². The third-order valence-corrected chi connectivity index (χ3v) is 4.80. The van der Waals surface area contributed by atoms with Crippen LogP contribution in [0.1, 0.15) is 35.0 Å². The molecular weight excluding hydrogens is 368 g/mol. The second kappa shape index (κ2) is 7.67. The fourth-order valence-corrected chi connectivity index (χ4v) is 3.46. The molecule has 0 aliphatic heterocycles. The Bertz CT molecular complexity index is 1140. The Hall–Kier alpha value is -3.80. The third kappa shape index (κ3) is 3.65. The number of allylic oxidation sites excluding steroid dienone is 7. The minimum absolute atomic E-state index is 0.0300. The highest BCUT2D eigenvalue weighted by Crippen LogP contribution is 2.37. The summed E-state index contributed by atoms with van der Waals surface area (Å²) in [7, 11) is 0. The van der Waals surface area contributed by atoms with E-state index in [4.69, 9.17) is 4.74 Å². The molecule has 0 unspecified atom stereocenters. The molecule has 2 aliphatic carbocycles. The van der Waals surface area contributed by atoms with E-state index in [9.17, 15) is 14.9 Å². The van der Waals surface area contributed by atoms with E-state index < -0.39 is 10.9 Å². The van der Waals surface area contributed by atoms with E-state index in [-0.39, 0.29) is 18.0 Å². The van der Waals surface area contributed by atoms with Gasteiger partial charge in [0.1, 0.15) is 5.69 Å². The number of ether oxygens (including phenoxy) is 1. The van der Waals surface area contributed by atoms with Gasteiger partial charge >= 0.3 is 5.97 Å². The van der Waals surface area contributed by atoms with Gasteiger partial charge in [-0.1, -0.05) is 48.6 Å². The quantitative estimate of drug-likeness (QED) is 0.413. The average molecular weight is 386 g/mol. The van der Waals surface area contributed by atoms with Crippen LogP contribution < -0.4 is 0 Å². The van der Waals surface area contributed by atoms with Crippen LogP contribution in [0.25, 0.3) is 22.9 Å². The van der Waals surface area contributed by atoms with Crippen molar-refractivity contribution < 1.29 is 14.5 Å². The second-order valence-corrected chi connectivity index (χ2v) is 6.67. The van der Waals surface area contributed by atoms with Crippen LogP contribution in [0, 0.1) is 10.1 Å². The van der Waals surface area contributed by atoms with Crippen molar-refractivity contribution >= 4 is 23.3 Å². The average Bonchev–Trinajstić information content (AvgIpc) is 3.07. The molecule has 0 saturated heterocycles. The summed E-state index contributed by atoms with van der Waals surface area (Å²) < 4.78 is 5.16. The summed E-state index contributed by atoms with van der Waals surface area (Å²) in [6, 6.07) is 8.03. The number of nitro groups is 1. The first-order valence-electron chi connectivity index (χ1n) is 9.28. The molecule has 0 amide bonds. The number of nitrogens with zero attached hydrogens (tertiary/aromatic N) is 2. The summed E-state index contributed by atoms with van der Waals surface area (Å²) in [4.78, 5) is 27.8. The van der Waals surface area contributed by atoms with E-state index in [1.54, 1.807) is 25.1 Å². The van der Waals surface area contributed by atoms with Gasteiger partial charge in [0.2, 0.25) is 0 Å². The third-order valence-electron chi connectivity index (χ3n) is 4.80. The summed E-state index contributed by atoms with van der Waals surface area (Å²) in [6.07, 6.45) is 12.7. The lowest BCUT2D eigenvalue weighted by atomic mass is 9.94. The highest BCUT2D eigenvalue weighted by Gasteiger charge is 2.22. The van der Waals surface area contributed by atoms with Crippen LogP contribution in [0.5, 0.6) is 0 Å². The maximum Gasteiger partial charge on any atom is 0.356 e. The molecule has 1 heterocycles. The highest BCUT2D eigenvalue weighted by molar-refractivity contribution is 5.94. The first-order chi connectivity index (χ1) is 14.1. The molecule has 0 spiro atoms. The molecule has 29 heavy (non-hydrogen) atoms. The maximum absolute atomic E-state index is 12.5. The molecule has 1 aromatic carbocycles. The molecule has 0 radical (unpaired) electrons. The monoisotopic (exact) mass is 386 g/mol. The summed E-state index contributed by atoms with van der Waals surface area (Å²) in [5.74, 6) is -0.518. The van der Waals surface area contributed by atoms with Gasteiger partial charge in [-0.25, -0.2) is 9.78 Å². The van der Waals surface area contributed by atoms with Gasteiger partial charge in [0.25, 0.3) is 5.69 Å². The predicted molar refractivity (Wildman–Crippen MR) is 111 cm³/mol. The zero-order valence-electron chi connectivity index (χ0n) is 15.8. The van der Waals surface area contributed by atoms with Gasteiger partial charge in [0, 0.05) is 23.3 Å². The van der Waals surface area contributed by atoms with Gasteiger partial charge in [-0.05, 0) is 36.1 Å². The molecule has 4 rings (SSSR count). The lowest BCUT2D eigenvalue weighted by molar-refractivity contribution is -0.384. The minimum Gasteiger partial charge on any atom is -0.461 e. The van der Waals surface area contributed by atoms with Crippen molar-refractivity contribution in [1.29, 1.82) is 0 Å². The van der Waals surface area contributed by atoms with E-state index in [1.165, 1.54) is 12.1 Å². The van der Waals surface area contributed by atoms with Crippen molar-refractivity contribution in [2.75, 3.05) is 6.61 Å². The Labute approximate surface area is 167 Å². The first kappa shape index (κ1) is 18.6. The number of non-ortho nitro benzene ring substituents is 1. The Morgan fingerprint density at radius 1 is 1.21 bits per heavy atom. The van der Waals surface area contributed by atoms with E-state index >= 15 is 0 Å². The molecule has 0 N–H and O–H groups in total. The number of benzene rings is 1. The number of nitro benzene ring substituents is 1. The number of hydrogen-bond acceptors (Lipinski definition) is 5. The second-order valence-electron chi connectivity index (χ2n) is 6.67. The molecule has 6 nitrogen and oxygen atoms in total. The molecule has 2 aromatic rings. The number of esters is 1. The van der Waals surface area contributed by atoms with E-state index in [0.717, 1.165) is 28.7 Å². The van der Waals surface area contributed by atoms with Crippen LogP contribution in [0.2, 0.25) is 0 Å². The fraction of sp³-hybridized carbons (Fsp3) is 0.130. The Morgan fingerprint density at radius 3 is 2.83 bits per heavy atom. The number of pyridine rings is 1. The smallest absolute Gasteiger partial charge is 0.356 e. The van der Waals surface area contributed by atoms with Crippen molar-refractivity contribution in [3.05, 3.63) is 93.2 Å². The van der Waals surface area contributed by atoms with Crippen molar-refractivity contribution in [2.45, 2.75) is 13.3 Å². The summed E-state index contributed by atoms with van der Waals surface area (Å²) in [5, 5.41) is 11.2. The number of hydrogen-bond donors (Lipinski definition) is 0. The zero-order valence-corrected chi connectivity index (χ0v) is 15.8. The van der Waals surface area contributed by atoms with Gasteiger partial charge < -0.3 is 4.74 Å². The largest absolute Gasteiger partial charge is 0.461 e. The number of carbonyl (C=O) groups is 1. The lowest BCUT2D eigenvalue weighted by Crippen LogP contribution is -2.10. The number of rotatable bonds is 4.